The number of aliphatic hydroxyl groups excluding tert-OH is 1. The molecule has 10 nitrogen and oxygen atoms in total. The second kappa shape index (κ2) is 18.4. The predicted molar refractivity (Wildman–Crippen MR) is 205 cm³/mol. The normalized spacial score (nSPS) is 19.2. The Labute approximate surface area is 323 Å². The number of hydrogen-bond donors (Lipinski definition) is 2. The number of fused-ring (bicyclic) bond motifs is 4. The minimum absolute atomic E-state index is 0.0863. The highest BCUT2D eigenvalue weighted by molar-refractivity contribution is 9.11. The van der Waals surface area contributed by atoms with Gasteiger partial charge in [0, 0.05) is 64.8 Å². The van der Waals surface area contributed by atoms with Crippen LogP contribution in [-0.2, 0) is 0 Å². The van der Waals surface area contributed by atoms with E-state index in [0.717, 1.165) is 71.3 Å². The van der Waals surface area contributed by atoms with Crippen LogP contribution in [0.25, 0.3) is 10.4 Å². The first-order valence-corrected chi connectivity index (χ1v) is 19.0. The SMILES string of the molecule is NC1CCOc2cc(Br)ccc21.O=C1CCOc2cc(Br)ccc21.OC1CCOc2cc(Br)ccc21.[N-]=[N+]=NC1CCOc2cc(Br)ccc21. The zero-order valence-electron chi connectivity index (χ0n) is 26.7. The molecule has 3 N–H and O–H groups in total. The van der Waals surface area contributed by atoms with Crippen molar-refractivity contribution in [2.75, 3.05) is 26.4 Å². The number of ether oxygens (including phenoxy) is 4. The van der Waals surface area contributed by atoms with Crippen molar-refractivity contribution >= 4 is 69.5 Å². The van der Waals surface area contributed by atoms with Crippen LogP contribution in [0, 0.1) is 0 Å². The minimum Gasteiger partial charge on any atom is -0.493 e. The average molecular weight is 938 g/mol. The number of hydrogen-bond acceptors (Lipinski definition) is 8. The Balaban J connectivity index is 0.000000130. The third-order valence-electron chi connectivity index (χ3n) is 8.05. The lowest BCUT2D eigenvalue weighted by atomic mass is 10.0. The molecule has 3 unspecified atom stereocenters. The third-order valence-corrected chi connectivity index (χ3v) is 10.0. The summed E-state index contributed by atoms with van der Waals surface area (Å²) in [6.07, 6.45) is 2.48. The molecular formula is C36H34Br4N4O6. The maximum atomic E-state index is 11.3. The highest BCUT2D eigenvalue weighted by atomic mass is 79.9. The van der Waals surface area contributed by atoms with Gasteiger partial charge in [-0.05, 0) is 66.5 Å². The van der Waals surface area contributed by atoms with E-state index < -0.39 is 0 Å². The van der Waals surface area contributed by atoms with E-state index in [0.29, 0.717) is 44.0 Å². The van der Waals surface area contributed by atoms with Crippen LogP contribution in [-0.4, -0.2) is 37.3 Å². The van der Waals surface area contributed by atoms with Crippen LogP contribution in [0.4, 0.5) is 0 Å². The van der Waals surface area contributed by atoms with Gasteiger partial charge in [0.2, 0.25) is 0 Å². The monoisotopic (exact) mass is 934 g/mol. The van der Waals surface area contributed by atoms with Gasteiger partial charge >= 0.3 is 0 Å². The van der Waals surface area contributed by atoms with E-state index in [2.05, 4.69) is 73.7 Å². The van der Waals surface area contributed by atoms with Crippen LogP contribution in [0.1, 0.15) is 70.9 Å². The Morgan fingerprint density at radius 1 is 0.660 bits per heavy atom. The summed E-state index contributed by atoms with van der Waals surface area (Å²) in [4.78, 5) is 14.1. The molecular weight excluding hydrogens is 904 g/mol. The fourth-order valence-corrected chi connectivity index (χ4v) is 6.86. The fraction of sp³-hybridized carbons (Fsp3) is 0.306. The van der Waals surface area contributed by atoms with Crippen molar-refractivity contribution in [3.63, 3.8) is 0 Å². The lowest BCUT2D eigenvalue weighted by molar-refractivity contribution is 0.0933. The topological polar surface area (TPSA) is 149 Å². The number of aliphatic hydroxyl groups is 1. The fourth-order valence-electron chi connectivity index (χ4n) is 5.50. The van der Waals surface area contributed by atoms with E-state index in [1.165, 1.54) is 0 Å². The Morgan fingerprint density at radius 2 is 1.14 bits per heavy atom. The zero-order valence-corrected chi connectivity index (χ0v) is 33.1. The van der Waals surface area contributed by atoms with Gasteiger partial charge in [-0.3, -0.25) is 4.79 Å². The first-order valence-electron chi connectivity index (χ1n) is 15.8. The standard InChI is InChI=1S/C9H8BrN3O.C9H10BrNO.C9H9BrO2.C9H7BrO2/c10-6-1-2-7-8(12-13-11)3-4-14-9(7)5-6;3*10-6-1-2-7-8(11)3-4-12-9(7)5-6/h1-2,5,8H,3-4H2;1-2,5,8H,3-4,11H2;1-2,5,8,11H,3-4H2;1-2,5H,3-4H2. The van der Waals surface area contributed by atoms with E-state index in [4.69, 9.17) is 30.2 Å². The molecule has 4 aromatic rings. The van der Waals surface area contributed by atoms with Crippen molar-refractivity contribution < 1.29 is 28.8 Å². The van der Waals surface area contributed by atoms with Crippen molar-refractivity contribution in [2.45, 2.75) is 43.9 Å². The van der Waals surface area contributed by atoms with Crippen LogP contribution < -0.4 is 24.7 Å². The maximum Gasteiger partial charge on any atom is 0.169 e. The number of halogens is 4. The van der Waals surface area contributed by atoms with E-state index in [-0.39, 0.29) is 24.0 Å². The molecule has 3 atom stereocenters. The summed E-state index contributed by atoms with van der Waals surface area (Å²) in [5.41, 5.74) is 18.0. The Bertz CT molecular complexity index is 1810. The molecule has 8 rings (SSSR count). The highest BCUT2D eigenvalue weighted by Crippen LogP contribution is 2.37. The van der Waals surface area contributed by atoms with Crippen LogP contribution in [0.15, 0.2) is 95.8 Å². The largest absolute Gasteiger partial charge is 0.493 e. The minimum atomic E-state index is -0.359. The summed E-state index contributed by atoms with van der Waals surface area (Å²) in [6, 6.07) is 22.9. The average Bonchev–Trinajstić information content (AvgIpc) is 3.09. The van der Waals surface area contributed by atoms with Crippen molar-refractivity contribution in [3.05, 3.63) is 123 Å². The second-order valence-corrected chi connectivity index (χ2v) is 15.1. The van der Waals surface area contributed by atoms with Crippen molar-refractivity contribution in [3.8, 4) is 23.0 Å². The number of nitrogens with two attached hydrogens (primary N) is 1. The van der Waals surface area contributed by atoms with Crippen molar-refractivity contribution in [1.29, 1.82) is 0 Å². The third kappa shape index (κ3) is 10.2. The summed E-state index contributed by atoms with van der Waals surface area (Å²) in [6.45, 7) is 2.44. The predicted octanol–water partition coefficient (Wildman–Crippen LogP) is 10.5. The summed E-state index contributed by atoms with van der Waals surface area (Å²) in [5.74, 6) is 3.39. The molecule has 14 heteroatoms. The molecule has 0 aromatic heterocycles. The molecule has 0 saturated carbocycles. The molecule has 262 valence electrons. The summed E-state index contributed by atoms with van der Waals surface area (Å²) < 4.78 is 25.6. The van der Waals surface area contributed by atoms with Crippen molar-refractivity contribution in [2.24, 2.45) is 10.8 Å². The van der Waals surface area contributed by atoms with E-state index in [1.807, 2.05) is 66.7 Å². The number of benzene rings is 4. The Morgan fingerprint density at radius 3 is 1.78 bits per heavy atom. The molecule has 4 aliphatic heterocycles. The van der Waals surface area contributed by atoms with Gasteiger partial charge in [-0.2, -0.15) is 0 Å². The first kappa shape index (κ1) is 38.1. The molecule has 4 aromatic carbocycles. The van der Waals surface area contributed by atoms with Gasteiger partial charge in [-0.25, -0.2) is 0 Å². The molecule has 4 aliphatic rings. The smallest absolute Gasteiger partial charge is 0.169 e. The lowest BCUT2D eigenvalue weighted by Crippen LogP contribution is -2.20. The molecule has 0 amide bonds. The number of nitrogens with zero attached hydrogens (tertiary/aromatic N) is 3. The van der Waals surface area contributed by atoms with E-state index in [9.17, 15) is 9.90 Å². The zero-order chi connectivity index (χ0) is 35.6. The van der Waals surface area contributed by atoms with Crippen LogP contribution in [0.5, 0.6) is 23.0 Å². The van der Waals surface area contributed by atoms with Gasteiger partial charge in [0.05, 0.1) is 44.1 Å². The number of carbonyl (C=O) groups is 1. The van der Waals surface area contributed by atoms with Gasteiger partial charge < -0.3 is 29.8 Å². The Hall–Kier alpha value is -3.10. The van der Waals surface area contributed by atoms with Crippen molar-refractivity contribution in [1.82, 2.24) is 0 Å². The summed E-state index contributed by atoms with van der Waals surface area (Å²) in [5, 5.41) is 13.3. The molecule has 0 saturated heterocycles. The summed E-state index contributed by atoms with van der Waals surface area (Å²) >= 11 is 13.4. The quantitative estimate of drug-likeness (QED) is 0.110. The molecule has 0 aliphatic carbocycles. The molecule has 0 spiro atoms. The van der Waals surface area contributed by atoms with E-state index in [1.54, 1.807) is 6.07 Å². The first-order chi connectivity index (χ1) is 24.1. The van der Waals surface area contributed by atoms with Gasteiger partial charge in [0.15, 0.2) is 5.78 Å². The molecule has 0 bridgehead atoms. The highest BCUT2D eigenvalue weighted by Gasteiger charge is 2.21. The number of azide groups is 1. The molecule has 0 radical (unpaired) electrons. The Kier molecular flexibility index (Phi) is 14.0. The molecule has 50 heavy (non-hydrogen) atoms. The van der Waals surface area contributed by atoms with Gasteiger partial charge in [0.1, 0.15) is 23.0 Å². The number of Topliss-reactive ketones (excluding diaryl/α,β-unsaturated/α-hetero) is 1. The lowest BCUT2D eigenvalue weighted by Gasteiger charge is -2.22. The summed E-state index contributed by atoms with van der Waals surface area (Å²) in [7, 11) is 0. The van der Waals surface area contributed by atoms with Crippen LogP contribution >= 0.6 is 63.7 Å². The molecule has 0 fully saturated rings. The number of ketones is 1. The molecule has 4 heterocycles. The second-order valence-electron chi connectivity index (χ2n) is 11.5. The van der Waals surface area contributed by atoms with Crippen LogP contribution in [0.3, 0.4) is 0 Å². The van der Waals surface area contributed by atoms with E-state index >= 15 is 0 Å². The van der Waals surface area contributed by atoms with Crippen LogP contribution in [0.2, 0.25) is 0 Å². The van der Waals surface area contributed by atoms with Gasteiger partial charge in [0.25, 0.3) is 0 Å². The van der Waals surface area contributed by atoms with Gasteiger partial charge in [-0.15, -0.1) is 0 Å². The number of rotatable bonds is 1. The van der Waals surface area contributed by atoms with Gasteiger partial charge in [-0.1, -0.05) is 87.0 Å². The number of carbonyl (C=O) groups excluding carboxylic acids is 1. The maximum absolute atomic E-state index is 11.3.